The monoisotopic (exact) mass is 787 g/mol. The predicted octanol–water partition coefficient (Wildman–Crippen LogP) is 14.2. The molecule has 0 saturated carbocycles. The van der Waals surface area contributed by atoms with Crippen molar-refractivity contribution in [1.82, 2.24) is 0 Å². The van der Waals surface area contributed by atoms with E-state index >= 15 is 0 Å². The van der Waals surface area contributed by atoms with Gasteiger partial charge >= 0.3 is 17.9 Å². The molecule has 0 aromatic rings. The first-order valence-electron chi connectivity index (χ1n) is 22.1. The molecular weight excluding hydrogens is 709 g/mol. The molecule has 0 N–H and O–H groups in total. The average molecular weight is 787 g/mol. The lowest BCUT2D eigenvalue weighted by Gasteiger charge is -2.18. The fourth-order valence-corrected chi connectivity index (χ4v) is 5.24. The van der Waals surface area contributed by atoms with Gasteiger partial charge in [-0.1, -0.05) is 162 Å². The summed E-state index contributed by atoms with van der Waals surface area (Å²) in [5.41, 5.74) is 0. The number of hydrogen-bond acceptors (Lipinski definition) is 6. The predicted molar refractivity (Wildman–Crippen MR) is 242 cm³/mol. The van der Waals surface area contributed by atoms with E-state index in [2.05, 4.69) is 106 Å². The molecule has 0 aliphatic rings. The maximum atomic E-state index is 12.7. The van der Waals surface area contributed by atoms with Crippen LogP contribution in [0.25, 0.3) is 0 Å². The smallest absolute Gasteiger partial charge is 0.306 e. The van der Waals surface area contributed by atoms with E-state index in [1.165, 1.54) is 25.7 Å². The summed E-state index contributed by atoms with van der Waals surface area (Å²) in [6, 6.07) is 0. The highest BCUT2D eigenvalue weighted by Crippen LogP contribution is 2.10. The minimum absolute atomic E-state index is 0.133. The number of rotatable bonds is 37. The SMILES string of the molecule is CC\C=C/C=C\C=C/C=C\CCCCCC(=O)OC(COC(=O)CCC/C=C\C/C=C\C/C=C\C/C=C\CCCCC)COC(=O)CCCC/C=C\C/C=C\CC. The van der Waals surface area contributed by atoms with Crippen LogP contribution in [-0.4, -0.2) is 37.2 Å². The third-order valence-electron chi connectivity index (χ3n) is 8.53. The lowest BCUT2D eigenvalue weighted by molar-refractivity contribution is -0.167. The highest BCUT2D eigenvalue weighted by atomic mass is 16.6. The number of ether oxygens (including phenoxy) is 3. The van der Waals surface area contributed by atoms with Crippen molar-refractivity contribution in [1.29, 1.82) is 0 Å². The van der Waals surface area contributed by atoms with E-state index in [4.69, 9.17) is 14.2 Å². The summed E-state index contributed by atoms with van der Waals surface area (Å²) in [7, 11) is 0. The molecule has 0 heterocycles. The van der Waals surface area contributed by atoms with Crippen LogP contribution in [0.15, 0.2) is 122 Å². The van der Waals surface area contributed by atoms with E-state index in [9.17, 15) is 14.4 Å². The Morgan fingerprint density at radius 2 is 0.789 bits per heavy atom. The van der Waals surface area contributed by atoms with Crippen LogP contribution in [-0.2, 0) is 28.6 Å². The quantitative estimate of drug-likeness (QED) is 0.0205. The Labute approximate surface area is 348 Å². The summed E-state index contributed by atoms with van der Waals surface area (Å²) in [4.78, 5) is 37.6. The van der Waals surface area contributed by atoms with Gasteiger partial charge in [0.05, 0.1) is 0 Å². The van der Waals surface area contributed by atoms with Crippen molar-refractivity contribution in [2.45, 2.75) is 168 Å². The zero-order chi connectivity index (χ0) is 41.5. The summed E-state index contributed by atoms with van der Waals surface area (Å²) in [6.07, 6.45) is 60.6. The molecule has 0 spiro atoms. The van der Waals surface area contributed by atoms with Crippen molar-refractivity contribution < 1.29 is 28.6 Å². The summed E-state index contributed by atoms with van der Waals surface area (Å²) in [5, 5.41) is 0. The first-order valence-corrected chi connectivity index (χ1v) is 22.1. The van der Waals surface area contributed by atoms with Crippen LogP contribution in [0.5, 0.6) is 0 Å². The second-order valence-electron chi connectivity index (χ2n) is 13.9. The van der Waals surface area contributed by atoms with Gasteiger partial charge in [0.2, 0.25) is 0 Å². The van der Waals surface area contributed by atoms with Crippen LogP contribution in [0.2, 0.25) is 0 Å². The van der Waals surface area contributed by atoms with Gasteiger partial charge in [-0.3, -0.25) is 14.4 Å². The molecule has 6 heteroatoms. The van der Waals surface area contributed by atoms with Crippen molar-refractivity contribution in [2.24, 2.45) is 0 Å². The molecule has 1 unspecified atom stereocenters. The summed E-state index contributed by atoms with van der Waals surface area (Å²) < 4.78 is 16.5. The van der Waals surface area contributed by atoms with Crippen LogP contribution < -0.4 is 0 Å². The molecule has 0 fully saturated rings. The average Bonchev–Trinajstić information content (AvgIpc) is 3.21. The molecule has 0 amide bonds. The third-order valence-corrected chi connectivity index (χ3v) is 8.53. The molecular formula is C51H78O6. The lowest BCUT2D eigenvalue weighted by Crippen LogP contribution is -2.30. The zero-order valence-corrected chi connectivity index (χ0v) is 36.0. The Balaban J connectivity index is 4.57. The Morgan fingerprint density at radius 1 is 0.386 bits per heavy atom. The van der Waals surface area contributed by atoms with Crippen LogP contribution in [0.1, 0.15) is 162 Å². The van der Waals surface area contributed by atoms with Crippen molar-refractivity contribution >= 4 is 17.9 Å². The van der Waals surface area contributed by atoms with Crippen molar-refractivity contribution in [3.05, 3.63) is 122 Å². The molecule has 0 bridgehead atoms. The molecule has 0 radical (unpaired) electrons. The highest BCUT2D eigenvalue weighted by molar-refractivity contribution is 5.71. The molecule has 318 valence electrons. The number of hydrogen-bond donors (Lipinski definition) is 0. The minimum atomic E-state index is -0.834. The van der Waals surface area contributed by atoms with E-state index in [0.717, 1.165) is 77.0 Å². The lowest BCUT2D eigenvalue weighted by atomic mass is 10.1. The zero-order valence-electron chi connectivity index (χ0n) is 36.0. The van der Waals surface area contributed by atoms with Gasteiger partial charge in [0.25, 0.3) is 0 Å². The van der Waals surface area contributed by atoms with E-state index < -0.39 is 6.10 Å². The van der Waals surface area contributed by atoms with Crippen molar-refractivity contribution in [2.75, 3.05) is 13.2 Å². The van der Waals surface area contributed by atoms with Gasteiger partial charge in [0.15, 0.2) is 6.10 Å². The molecule has 0 rings (SSSR count). The summed E-state index contributed by atoms with van der Waals surface area (Å²) >= 11 is 0. The standard InChI is InChI=1S/C51H78O6/c1-4-7-10-13-16-19-21-23-24-25-26-28-29-32-35-38-41-44-50(53)56-47-48(46-55-49(52)43-40-37-34-31-18-15-12-9-6-3)57-51(54)45-42-39-36-33-30-27-22-20-17-14-11-8-5-2/h8-9,11-12,14,16-20,22-24,26-28,30-32,35,48H,4-7,10,13,15,21,25,29,33-34,36-47H2,1-3H3/b11-8-,12-9-,17-14-,19-16-,22-20-,24-23-,28-26-,30-27-,31-18-,35-32-. The number of allylic oxidation sites excluding steroid dienone is 20. The topological polar surface area (TPSA) is 78.9 Å². The molecule has 57 heavy (non-hydrogen) atoms. The summed E-state index contributed by atoms with van der Waals surface area (Å²) in [5.74, 6) is -1.08. The second-order valence-corrected chi connectivity index (χ2v) is 13.9. The first kappa shape index (κ1) is 52.8. The van der Waals surface area contributed by atoms with Gasteiger partial charge in [-0.05, 0) is 103 Å². The number of unbranched alkanes of at least 4 members (excludes halogenated alkanes) is 9. The largest absolute Gasteiger partial charge is 0.462 e. The Bertz CT molecular complexity index is 1270. The first-order chi connectivity index (χ1) is 28.0. The number of esters is 3. The van der Waals surface area contributed by atoms with Crippen LogP contribution in [0, 0.1) is 0 Å². The van der Waals surface area contributed by atoms with Crippen LogP contribution in [0.4, 0.5) is 0 Å². The van der Waals surface area contributed by atoms with Gasteiger partial charge in [0, 0.05) is 19.3 Å². The highest BCUT2D eigenvalue weighted by Gasteiger charge is 2.19. The van der Waals surface area contributed by atoms with E-state index in [-0.39, 0.29) is 44.0 Å². The number of carbonyl (C=O) groups excluding carboxylic acids is 3. The second kappa shape index (κ2) is 44.5. The number of carbonyl (C=O) groups is 3. The van der Waals surface area contributed by atoms with E-state index in [1.807, 2.05) is 36.5 Å². The van der Waals surface area contributed by atoms with E-state index in [1.54, 1.807) is 0 Å². The molecule has 0 saturated heterocycles. The Morgan fingerprint density at radius 3 is 1.35 bits per heavy atom. The molecule has 0 aromatic heterocycles. The third kappa shape index (κ3) is 42.8. The Hall–Kier alpha value is -4.19. The van der Waals surface area contributed by atoms with Gasteiger partial charge in [0.1, 0.15) is 13.2 Å². The molecule has 0 aliphatic carbocycles. The van der Waals surface area contributed by atoms with Gasteiger partial charge in [-0.2, -0.15) is 0 Å². The van der Waals surface area contributed by atoms with Crippen molar-refractivity contribution in [3.8, 4) is 0 Å². The van der Waals surface area contributed by atoms with E-state index in [0.29, 0.717) is 25.7 Å². The van der Waals surface area contributed by atoms with Gasteiger partial charge < -0.3 is 14.2 Å². The molecule has 0 aliphatic heterocycles. The molecule has 0 aromatic carbocycles. The molecule has 6 nitrogen and oxygen atoms in total. The Kier molecular flexibility index (Phi) is 41.3. The van der Waals surface area contributed by atoms with Crippen LogP contribution in [0.3, 0.4) is 0 Å². The fourth-order valence-electron chi connectivity index (χ4n) is 5.24. The van der Waals surface area contributed by atoms with Crippen molar-refractivity contribution in [3.63, 3.8) is 0 Å². The maximum Gasteiger partial charge on any atom is 0.306 e. The molecule has 1 atom stereocenters. The summed E-state index contributed by atoms with van der Waals surface area (Å²) in [6.45, 7) is 6.18. The van der Waals surface area contributed by atoms with Gasteiger partial charge in [-0.25, -0.2) is 0 Å². The minimum Gasteiger partial charge on any atom is -0.462 e. The maximum absolute atomic E-state index is 12.7. The normalized spacial score (nSPS) is 13.2. The van der Waals surface area contributed by atoms with Crippen LogP contribution >= 0.6 is 0 Å². The fraction of sp³-hybridized carbons (Fsp3) is 0.549. The van der Waals surface area contributed by atoms with Gasteiger partial charge in [-0.15, -0.1) is 0 Å².